The summed E-state index contributed by atoms with van der Waals surface area (Å²) < 4.78 is 5.77. The summed E-state index contributed by atoms with van der Waals surface area (Å²) in [6, 6.07) is 17.2. The third-order valence-corrected chi connectivity index (χ3v) is 3.69. The second kappa shape index (κ2) is 6.96. The smallest absolute Gasteiger partial charge is 0.249 e. The van der Waals surface area contributed by atoms with Gasteiger partial charge in [0.2, 0.25) is 5.91 Å². The average molecular weight is 318 g/mol. The highest BCUT2D eigenvalue weighted by atomic mass is 16.5. The number of hydrogen-bond acceptors (Lipinski definition) is 3. The molecule has 0 unspecified atom stereocenters. The number of aryl methyl sites for hydroxylation is 1. The van der Waals surface area contributed by atoms with E-state index in [9.17, 15) is 4.79 Å². The SMILES string of the molecule is Cc1cncc(-c2ccc(OCc3ccccc3)cc2C(N)=O)c1. The van der Waals surface area contributed by atoms with Gasteiger partial charge in [-0.05, 0) is 47.9 Å². The summed E-state index contributed by atoms with van der Waals surface area (Å²) in [5.74, 6) is 0.119. The van der Waals surface area contributed by atoms with Crippen LogP contribution in [-0.4, -0.2) is 10.9 Å². The van der Waals surface area contributed by atoms with E-state index < -0.39 is 5.91 Å². The van der Waals surface area contributed by atoms with Gasteiger partial charge in [0.1, 0.15) is 12.4 Å². The van der Waals surface area contributed by atoms with Crippen LogP contribution in [0.4, 0.5) is 0 Å². The molecule has 0 aliphatic rings. The van der Waals surface area contributed by atoms with Crippen molar-refractivity contribution in [3.8, 4) is 16.9 Å². The minimum atomic E-state index is -0.489. The lowest BCUT2D eigenvalue weighted by molar-refractivity contribution is 0.100. The zero-order valence-electron chi connectivity index (χ0n) is 13.4. The fourth-order valence-electron chi connectivity index (χ4n) is 2.51. The molecule has 0 fully saturated rings. The van der Waals surface area contributed by atoms with Gasteiger partial charge in [-0.3, -0.25) is 9.78 Å². The van der Waals surface area contributed by atoms with Crippen molar-refractivity contribution < 1.29 is 9.53 Å². The molecular weight excluding hydrogens is 300 g/mol. The van der Waals surface area contributed by atoms with E-state index in [1.807, 2.05) is 55.5 Å². The van der Waals surface area contributed by atoms with Crippen molar-refractivity contribution in [1.29, 1.82) is 0 Å². The number of aromatic nitrogens is 1. The Hall–Kier alpha value is -3.14. The number of hydrogen-bond donors (Lipinski definition) is 1. The van der Waals surface area contributed by atoms with E-state index in [0.29, 0.717) is 17.9 Å². The Morgan fingerprint density at radius 3 is 2.58 bits per heavy atom. The Morgan fingerprint density at radius 2 is 1.88 bits per heavy atom. The molecule has 0 aliphatic heterocycles. The highest BCUT2D eigenvalue weighted by Crippen LogP contribution is 2.27. The molecule has 4 nitrogen and oxygen atoms in total. The summed E-state index contributed by atoms with van der Waals surface area (Å²) in [6.07, 6.45) is 3.49. The molecule has 0 radical (unpaired) electrons. The fourth-order valence-corrected chi connectivity index (χ4v) is 2.51. The molecule has 1 amide bonds. The number of rotatable bonds is 5. The van der Waals surface area contributed by atoms with Crippen LogP contribution in [0.5, 0.6) is 5.75 Å². The predicted octanol–water partition coefficient (Wildman–Crippen LogP) is 3.73. The molecule has 120 valence electrons. The van der Waals surface area contributed by atoms with E-state index in [-0.39, 0.29) is 0 Å². The van der Waals surface area contributed by atoms with Gasteiger partial charge in [0, 0.05) is 18.0 Å². The number of nitrogens with zero attached hydrogens (tertiary/aromatic N) is 1. The molecule has 0 saturated heterocycles. The average Bonchev–Trinajstić information content (AvgIpc) is 2.60. The number of amides is 1. The van der Waals surface area contributed by atoms with Gasteiger partial charge in [-0.1, -0.05) is 30.3 Å². The van der Waals surface area contributed by atoms with Crippen LogP contribution >= 0.6 is 0 Å². The maximum atomic E-state index is 11.9. The second-order valence-electron chi connectivity index (χ2n) is 5.60. The number of benzene rings is 2. The van der Waals surface area contributed by atoms with E-state index in [2.05, 4.69) is 4.98 Å². The molecule has 3 rings (SSSR count). The molecule has 0 bridgehead atoms. The molecule has 4 heteroatoms. The monoisotopic (exact) mass is 318 g/mol. The minimum absolute atomic E-state index is 0.424. The van der Waals surface area contributed by atoms with Crippen LogP contribution in [0, 0.1) is 6.92 Å². The van der Waals surface area contributed by atoms with Crippen molar-refractivity contribution >= 4 is 5.91 Å². The summed E-state index contributed by atoms with van der Waals surface area (Å²) in [5.41, 5.74) is 9.67. The standard InChI is InChI=1S/C20H18N2O2/c1-14-9-16(12-22-11-14)18-8-7-17(10-19(18)20(21)23)24-13-15-5-3-2-4-6-15/h2-12H,13H2,1H3,(H2,21,23). The van der Waals surface area contributed by atoms with Gasteiger partial charge in [0.25, 0.3) is 0 Å². The van der Waals surface area contributed by atoms with Crippen LogP contribution < -0.4 is 10.5 Å². The molecular formula is C20H18N2O2. The number of nitrogens with two attached hydrogens (primary N) is 1. The molecule has 1 heterocycles. The lowest BCUT2D eigenvalue weighted by Crippen LogP contribution is -2.13. The highest BCUT2D eigenvalue weighted by molar-refractivity contribution is 6.00. The zero-order valence-corrected chi connectivity index (χ0v) is 13.4. The van der Waals surface area contributed by atoms with Crippen LogP contribution in [0.25, 0.3) is 11.1 Å². The van der Waals surface area contributed by atoms with Gasteiger partial charge in [0.05, 0.1) is 5.56 Å². The van der Waals surface area contributed by atoms with Crippen molar-refractivity contribution in [2.45, 2.75) is 13.5 Å². The van der Waals surface area contributed by atoms with E-state index in [4.69, 9.17) is 10.5 Å². The first-order valence-electron chi connectivity index (χ1n) is 7.66. The van der Waals surface area contributed by atoms with Crippen molar-refractivity contribution in [2.75, 3.05) is 0 Å². The number of carbonyl (C=O) groups is 1. The summed E-state index contributed by atoms with van der Waals surface area (Å²) >= 11 is 0. The van der Waals surface area contributed by atoms with Gasteiger partial charge >= 0.3 is 0 Å². The maximum absolute atomic E-state index is 11.9. The second-order valence-corrected chi connectivity index (χ2v) is 5.60. The Bertz CT molecular complexity index is 861. The first-order chi connectivity index (χ1) is 11.6. The minimum Gasteiger partial charge on any atom is -0.489 e. The molecule has 1 aromatic heterocycles. The van der Waals surface area contributed by atoms with Crippen LogP contribution in [0.2, 0.25) is 0 Å². The Balaban J connectivity index is 1.89. The van der Waals surface area contributed by atoms with E-state index in [0.717, 1.165) is 22.3 Å². The van der Waals surface area contributed by atoms with Crippen LogP contribution in [0.15, 0.2) is 67.0 Å². The topological polar surface area (TPSA) is 65.2 Å². The molecule has 0 saturated carbocycles. The van der Waals surface area contributed by atoms with Crippen molar-refractivity contribution in [3.05, 3.63) is 83.7 Å². The zero-order chi connectivity index (χ0) is 16.9. The molecule has 0 spiro atoms. The molecule has 0 atom stereocenters. The lowest BCUT2D eigenvalue weighted by atomic mass is 9.99. The van der Waals surface area contributed by atoms with Crippen molar-refractivity contribution in [1.82, 2.24) is 4.98 Å². The van der Waals surface area contributed by atoms with E-state index in [1.165, 1.54) is 0 Å². The predicted molar refractivity (Wildman–Crippen MR) is 93.7 cm³/mol. The van der Waals surface area contributed by atoms with E-state index >= 15 is 0 Å². The number of ether oxygens (including phenoxy) is 1. The fraction of sp³-hybridized carbons (Fsp3) is 0.100. The number of carbonyl (C=O) groups excluding carboxylic acids is 1. The lowest BCUT2D eigenvalue weighted by Gasteiger charge is -2.11. The normalized spacial score (nSPS) is 10.4. The highest BCUT2D eigenvalue weighted by Gasteiger charge is 2.12. The Labute approximate surface area is 140 Å². The van der Waals surface area contributed by atoms with Gasteiger partial charge in [0.15, 0.2) is 0 Å². The van der Waals surface area contributed by atoms with Crippen molar-refractivity contribution in [3.63, 3.8) is 0 Å². The molecule has 24 heavy (non-hydrogen) atoms. The third-order valence-electron chi connectivity index (χ3n) is 3.69. The Kier molecular flexibility index (Phi) is 4.57. The summed E-state index contributed by atoms with van der Waals surface area (Å²) in [6.45, 7) is 2.39. The molecule has 3 aromatic rings. The Morgan fingerprint density at radius 1 is 1.08 bits per heavy atom. The number of primary amides is 1. The summed E-state index contributed by atoms with van der Waals surface area (Å²) in [4.78, 5) is 16.0. The van der Waals surface area contributed by atoms with Gasteiger partial charge in [-0.15, -0.1) is 0 Å². The van der Waals surface area contributed by atoms with Gasteiger partial charge in [-0.2, -0.15) is 0 Å². The largest absolute Gasteiger partial charge is 0.489 e. The van der Waals surface area contributed by atoms with Crippen LogP contribution in [-0.2, 0) is 6.61 Å². The van der Waals surface area contributed by atoms with Gasteiger partial charge in [-0.25, -0.2) is 0 Å². The van der Waals surface area contributed by atoms with E-state index in [1.54, 1.807) is 18.5 Å². The molecule has 0 aliphatic carbocycles. The first-order valence-corrected chi connectivity index (χ1v) is 7.66. The molecule has 2 aromatic carbocycles. The summed E-state index contributed by atoms with van der Waals surface area (Å²) in [5, 5.41) is 0. The van der Waals surface area contributed by atoms with Crippen molar-refractivity contribution in [2.24, 2.45) is 5.73 Å². The van der Waals surface area contributed by atoms with Crippen LogP contribution in [0.3, 0.4) is 0 Å². The maximum Gasteiger partial charge on any atom is 0.249 e. The summed E-state index contributed by atoms with van der Waals surface area (Å²) in [7, 11) is 0. The van der Waals surface area contributed by atoms with Crippen LogP contribution in [0.1, 0.15) is 21.5 Å². The number of pyridine rings is 1. The molecule has 2 N–H and O–H groups in total. The first kappa shape index (κ1) is 15.7. The van der Waals surface area contributed by atoms with Gasteiger partial charge < -0.3 is 10.5 Å². The third kappa shape index (κ3) is 3.60. The quantitative estimate of drug-likeness (QED) is 0.779.